The van der Waals surface area contributed by atoms with Crippen LogP contribution in [0.4, 0.5) is 0 Å². The number of likely N-dealkylation sites (N-methyl/N-ethyl adjacent to an activating group) is 1. The van der Waals surface area contributed by atoms with Crippen molar-refractivity contribution < 1.29 is 4.74 Å². The molecule has 0 bridgehead atoms. The van der Waals surface area contributed by atoms with E-state index in [1.807, 2.05) is 25.2 Å². The van der Waals surface area contributed by atoms with Crippen molar-refractivity contribution in [3.05, 3.63) is 34.9 Å². The van der Waals surface area contributed by atoms with E-state index in [-0.39, 0.29) is 34.9 Å². The lowest BCUT2D eigenvalue weighted by atomic mass is 9.85. The molecule has 0 atom stereocenters. The van der Waals surface area contributed by atoms with E-state index in [1.54, 1.807) is 0 Å². The van der Waals surface area contributed by atoms with Crippen LogP contribution in [-0.4, -0.2) is 63.8 Å². The first-order chi connectivity index (χ1) is 12.8. The number of hydrogen-bond donors (Lipinski definition) is 2. The molecule has 1 aromatic carbocycles. The molecule has 1 saturated heterocycles. The van der Waals surface area contributed by atoms with Crippen LogP contribution in [0.25, 0.3) is 0 Å². The summed E-state index contributed by atoms with van der Waals surface area (Å²) in [4.78, 5) is 6.73. The number of benzene rings is 1. The maximum absolute atomic E-state index is 6.12. The summed E-state index contributed by atoms with van der Waals surface area (Å²) >= 11 is 6.12. The molecule has 0 spiro atoms. The van der Waals surface area contributed by atoms with Crippen LogP contribution in [-0.2, 0) is 11.2 Å². The predicted molar refractivity (Wildman–Crippen MR) is 130 cm³/mol. The number of guanidine groups is 1. The zero-order valence-corrected chi connectivity index (χ0v) is 20.9. The Bertz CT molecular complexity index is 631. The first-order valence-corrected chi connectivity index (χ1v) is 10.1. The second-order valence-electron chi connectivity index (χ2n) is 8.48. The summed E-state index contributed by atoms with van der Waals surface area (Å²) in [5, 5.41) is 7.81. The second kappa shape index (κ2) is 11.6. The summed E-state index contributed by atoms with van der Waals surface area (Å²) < 4.78 is 5.56. The van der Waals surface area contributed by atoms with Crippen LogP contribution in [0.2, 0.25) is 5.02 Å². The molecule has 1 fully saturated rings. The summed E-state index contributed by atoms with van der Waals surface area (Å²) in [6, 6.07) is 8.10. The highest BCUT2D eigenvalue weighted by Gasteiger charge is 2.34. The first kappa shape index (κ1) is 25.5. The van der Waals surface area contributed by atoms with Crippen molar-refractivity contribution in [1.82, 2.24) is 15.5 Å². The van der Waals surface area contributed by atoms with E-state index in [0.29, 0.717) is 0 Å². The summed E-state index contributed by atoms with van der Waals surface area (Å²) in [5.41, 5.74) is 1.46. The fraction of sp³-hybridized carbons (Fsp3) is 0.667. The third-order valence-electron chi connectivity index (χ3n) is 5.49. The van der Waals surface area contributed by atoms with E-state index < -0.39 is 0 Å². The zero-order valence-electron chi connectivity index (χ0n) is 17.8. The first-order valence-electron chi connectivity index (χ1n) is 9.70. The van der Waals surface area contributed by atoms with E-state index in [0.717, 1.165) is 56.5 Å². The molecule has 1 aliphatic heterocycles. The van der Waals surface area contributed by atoms with Crippen LogP contribution >= 0.6 is 35.6 Å². The van der Waals surface area contributed by atoms with Crippen molar-refractivity contribution in [2.24, 2.45) is 10.4 Å². The van der Waals surface area contributed by atoms with E-state index in [4.69, 9.17) is 16.3 Å². The highest BCUT2D eigenvalue weighted by Crippen LogP contribution is 2.25. The van der Waals surface area contributed by atoms with Gasteiger partial charge >= 0.3 is 0 Å². The van der Waals surface area contributed by atoms with Gasteiger partial charge in [-0.1, -0.05) is 37.6 Å². The van der Waals surface area contributed by atoms with Crippen LogP contribution in [0.1, 0.15) is 32.3 Å². The summed E-state index contributed by atoms with van der Waals surface area (Å²) in [5.74, 6) is 0.849. The van der Waals surface area contributed by atoms with Gasteiger partial charge in [-0.25, -0.2) is 0 Å². The van der Waals surface area contributed by atoms with Gasteiger partial charge in [0.15, 0.2) is 5.96 Å². The van der Waals surface area contributed by atoms with Gasteiger partial charge in [0.2, 0.25) is 0 Å². The molecule has 2 rings (SSSR count). The lowest BCUT2D eigenvalue weighted by Crippen LogP contribution is -2.57. The Morgan fingerprint density at radius 1 is 1.25 bits per heavy atom. The zero-order chi connectivity index (χ0) is 19.9. The van der Waals surface area contributed by atoms with Crippen molar-refractivity contribution in [1.29, 1.82) is 0 Å². The number of rotatable bonds is 7. The molecule has 2 N–H and O–H groups in total. The lowest BCUT2D eigenvalue weighted by Gasteiger charge is -2.43. The van der Waals surface area contributed by atoms with Gasteiger partial charge in [0.05, 0.1) is 0 Å². The Labute approximate surface area is 192 Å². The average molecular weight is 523 g/mol. The average Bonchev–Trinajstić information content (AvgIpc) is 2.62. The fourth-order valence-electron chi connectivity index (χ4n) is 3.59. The van der Waals surface area contributed by atoms with Gasteiger partial charge in [-0.3, -0.25) is 4.99 Å². The van der Waals surface area contributed by atoms with E-state index in [2.05, 4.69) is 54.5 Å². The van der Waals surface area contributed by atoms with Crippen molar-refractivity contribution in [2.75, 3.05) is 47.4 Å². The number of hydrogen-bond acceptors (Lipinski definition) is 3. The largest absolute Gasteiger partial charge is 0.381 e. The number of aliphatic imine (C=N–C) groups is 1. The Morgan fingerprint density at radius 3 is 2.50 bits per heavy atom. The molecule has 160 valence electrons. The summed E-state index contributed by atoms with van der Waals surface area (Å²) in [7, 11) is 6.13. The molecule has 1 aliphatic rings. The maximum Gasteiger partial charge on any atom is 0.191 e. The molecule has 7 heteroatoms. The summed E-state index contributed by atoms with van der Waals surface area (Å²) in [6.45, 7) is 7.84. The molecule has 1 aromatic rings. The van der Waals surface area contributed by atoms with Crippen LogP contribution in [0.5, 0.6) is 0 Å². The van der Waals surface area contributed by atoms with Crippen LogP contribution in [0.15, 0.2) is 29.3 Å². The van der Waals surface area contributed by atoms with E-state index in [9.17, 15) is 0 Å². The molecule has 0 aliphatic carbocycles. The van der Waals surface area contributed by atoms with Crippen molar-refractivity contribution in [3.63, 3.8) is 0 Å². The standard InChI is InChI=1S/C21H35ClN4O.HI/c1-20(2,14-17-7-6-8-18(22)13-17)15-24-19(23-3)25-16-21(26(4)5)9-11-27-12-10-21;/h6-8,13H,9-12,14-16H2,1-5H3,(H2,23,24,25);1H. The highest BCUT2D eigenvalue weighted by molar-refractivity contribution is 14.0. The monoisotopic (exact) mass is 522 g/mol. The predicted octanol–water partition coefficient (Wildman–Crippen LogP) is 3.80. The lowest BCUT2D eigenvalue weighted by molar-refractivity contribution is -0.00502. The van der Waals surface area contributed by atoms with Crippen molar-refractivity contribution in [3.8, 4) is 0 Å². The SMILES string of the molecule is CN=C(NCC(C)(C)Cc1cccc(Cl)c1)NCC1(N(C)C)CCOCC1.I. The van der Waals surface area contributed by atoms with E-state index >= 15 is 0 Å². The molecule has 0 radical (unpaired) electrons. The molecule has 28 heavy (non-hydrogen) atoms. The van der Waals surface area contributed by atoms with E-state index in [1.165, 1.54) is 5.56 Å². The van der Waals surface area contributed by atoms with Crippen molar-refractivity contribution >= 4 is 41.5 Å². The number of nitrogens with zero attached hydrogens (tertiary/aromatic N) is 2. The fourth-order valence-corrected chi connectivity index (χ4v) is 3.80. The molecular weight excluding hydrogens is 487 g/mol. The number of ether oxygens (including phenoxy) is 1. The van der Waals surface area contributed by atoms with Gasteiger partial charge in [-0.05, 0) is 56.5 Å². The minimum Gasteiger partial charge on any atom is -0.381 e. The van der Waals surface area contributed by atoms with Crippen LogP contribution in [0.3, 0.4) is 0 Å². The highest BCUT2D eigenvalue weighted by atomic mass is 127. The topological polar surface area (TPSA) is 48.9 Å². The van der Waals surface area contributed by atoms with Crippen LogP contribution in [0, 0.1) is 5.41 Å². The molecule has 5 nitrogen and oxygen atoms in total. The second-order valence-corrected chi connectivity index (χ2v) is 8.92. The maximum atomic E-state index is 6.12. The van der Waals surface area contributed by atoms with Gasteiger partial charge < -0.3 is 20.3 Å². The molecule has 1 heterocycles. The molecule has 0 unspecified atom stereocenters. The normalized spacial score (nSPS) is 17.2. The third kappa shape index (κ3) is 7.69. The van der Waals surface area contributed by atoms with Gasteiger partial charge in [-0.15, -0.1) is 24.0 Å². The van der Waals surface area contributed by atoms with Gasteiger partial charge in [0, 0.05) is 43.9 Å². The molecule has 0 aromatic heterocycles. The minimum atomic E-state index is 0. The third-order valence-corrected chi connectivity index (χ3v) is 5.72. The van der Waals surface area contributed by atoms with Crippen molar-refractivity contribution in [2.45, 2.75) is 38.6 Å². The Kier molecular flexibility index (Phi) is 10.5. The smallest absolute Gasteiger partial charge is 0.191 e. The van der Waals surface area contributed by atoms with Gasteiger partial charge in [0.25, 0.3) is 0 Å². The molecule has 0 saturated carbocycles. The number of halogens is 2. The van der Waals surface area contributed by atoms with Gasteiger partial charge in [0.1, 0.15) is 0 Å². The minimum absolute atomic E-state index is 0. The Morgan fingerprint density at radius 2 is 1.93 bits per heavy atom. The quantitative estimate of drug-likeness (QED) is 0.325. The Balaban J connectivity index is 0.00000392. The van der Waals surface area contributed by atoms with Crippen LogP contribution < -0.4 is 10.6 Å². The Hall–Kier alpha value is -0.570. The van der Waals surface area contributed by atoms with Gasteiger partial charge in [-0.2, -0.15) is 0 Å². The summed E-state index contributed by atoms with van der Waals surface area (Å²) in [6.07, 6.45) is 3.02. The number of nitrogens with one attached hydrogen (secondary N) is 2. The molecule has 0 amide bonds. The molecular formula is C21H36ClIN4O.